The van der Waals surface area contributed by atoms with Gasteiger partial charge in [-0.1, -0.05) is 54.9 Å². The predicted octanol–water partition coefficient (Wildman–Crippen LogP) is 4.16. The van der Waals surface area contributed by atoms with Gasteiger partial charge in [-0.15, -0.1) is 11.3 Å². The van der Waals surface area contributed by atoms with Gasteiger partial charge in [0.25, 0.3) is 5.91 Å². The average Bonchev–Trinajstić information content (AvgIpc) is 3.64. The molecule has 3 aromatic rings. The first-order valence-electron chi connectivity index (χ1n) is 14.5. The third kappa shape index (κ3) is 7.05. The van der Waals surface area contributed by atoms with E-state index in [9.17, 15) is 14.7 Å². The molecule has 2 fully saturated rings. The lowest BCUT2D eigenvalue weighted by Gasteiger charge is -2.41. The predicted molar refractivity (Wildman–Crippen MR) is 163 cm³/mol. The van der Waals surface area contributed by atoms with Crippen LogP contribution in [0.3, 0.4) is 0 Å². The molecular formula is C30H39N5O5S2. The number of nitrogens with one attached hydrogen (secondary N) is 1. The van der Waals surface area contributed by atoms with Crippen LogP contribution in [0.4, 0.5) is 0 Å². The molecule has 3 atom stereocenters. The highest BCUT2D eigenvalue weighted by Crippen LogP contribution is 2.41. The maximum absolute atomic E-state index is 14.2. The Morgan fingerprint density at radius 3 is 2.88 bits per heavy atom. The number of ether oxygens (including phenoxy) is 2. The van der Waals surface area contributed by atoms with Crippen LogP contribution in [0.2, 0.25) is 0 Å². The minimum absolute atomic E-state index is 0.00751. The van der Waals surface area contributed by atoms with Crippen LogP contribution < -0.4 is 5.32 Å². The number of aromatic nitrogens is 3. The Morgan fingerprint density at radius 1 is 1.26 bits per heavy atom. The molecule has 2 N–H and O–H groups in total. The van der Waals surface area contributed by atoms with E-state index in [0.717, 1.165) is 59.3 Å². The van der Waals surface area contributed by atoms with Crippen molar-refractivity contribution in [3.05, 3.63) is 53.4 Å². The van der Waals surface area contributed by atoms with E-state index >= 15 is 0 Å². The smallest absolute Gasteiger partial charge is 0.303 e. The van der Waals surface area contributed by atoms with E-state index in [1.807, 2.05) is 45.2 Å². The van der Waals surface area contributed by atoms with E-state index in [0.29, 0.717) is 25.2 Å². The van der Waals surface area contributed by atoms with Gasteiger partial charge in [-0.2, -0.15) is 0 Å². The summed E-state index contributed by atoms with van der Waals surface area (Å²) in [4.78, 5) is 36.5. The number of thiazole rings is 1. The largest absolute Gasteiger partial charge is 0.459 e. The van der Waals surface area contributed by atoms with Gasteiger partial charge in [0.05, 0.1) is 30.4 Å². The Bertz CT molecular complexity index is 1340. The van der Waals surface area contributed by atoms with Crippen molar-refractivity contribution in [1.29, 1.82) is 0 Å². The third-order valence-electron chi connectivity index (χ3n) is 7.97. The summed E-state index contributed by atoms with van der Waals surface area (Å²) in [6, 6.07) is 9.65. The lowest BCUT2D eigenvalue weighted by Crippen LogP contribution is -2.54. The highest BCUT2D eigenvalue weighted by Gasteiger charge is 2.42. The van der Waals surface area contributed by atoms with Crippen molar-refractivity contribution in [3.63, 3.8) is 0 Å². The third-order valence-corrected chi connectivity index (χ3v) is 10.1. The van der Waals surface area contributed by atoms with Gasteiger partial charge in [-0.25, -0.2) is 9.97 Å². The Kier molecular flexibility index (Phi) is 10.3. The van der Waals surface area contributed by atoms with Crippen LogP contribution in [0, 0.1) is 0 Å². The molecule has 1 amide bonds. The van der Waals surface area contributed by atoms with Gasteiger partial charge >= 0.3 is 5.97 Å². The van der Waals surface area contributed by atoms with Gasteiger partial charge < -0.3 is 29.4 Å². The molecule has 1 saturated heterocycles. The summed E-state index contributed by atoms with van der Waals surface area (Å²) >= 11 is 3.18. The van der Waals surface area contributed by atoms with Crippen molar-refractivity contribution < 1.29 is 24.2 Å². The zero-order chi connectivity index (χ0) is 29.5. The second-order valence-corrected chi connectivity index (χ2v) is 13.1. The number of piperazine rings is 1. The van der Waals surface area contributed by atoms with E-state index in [-0.39, 0.29) is 37.2 Å². The molecule has 3 heterocycles. The molecule has 2 aliphatic rings. The fourth-order valence-electron chi connectivity index (χ4n) is 5.96. The molecule has 5 rings (SSSR count). The second-order valence-electron chi connectivity index (χ2n) is 10.9. The minimum Gasteiger partial charge on any atom is -0.459 e. The maximum Gasteiger partial charge on any atom is 0.303 e. The molecular weight excluding hydrogens is 574 g/mol. The molecule has 0 radical (unpaired) electrons. The Balaban J connectivity index is 1.35. The van der Waals surface area contributed by atoms with Crippen molar-refractivity contribution >= 4 is 35.0 Å². The van der Waals surface area contributed by atoms with E-state index in [1.54, 1.807) is 25.2 Å². The summed E-state index contributed by atoms with van der Waals surface area (Å²) in [5.41, 5.74) is 1.78. The number of carbonyl (C=O) groups excluding carboxylic acids is 2. The van der Waals surface area contributed by atoms with Crippen LogP contribution in [0.15, 0.2) is 46.4 Å². The van der Waals surface area contributed by atoms with Crippen LogP contribution in [0.5, 0.6) is 0 Å². The van der Waals surface area contributed by atoms with Crippen LogP contribution in [0.1, 0.15) is 61.3 Å². The van der Waals surface area contributed by atoms with E-state index in [1.165, 1.54) is 18.3 Å². The Labute approximate surface area is 254 Å². The number of imidazole rings is 1. The molecule has 1 saturated carbocycles. The molecule has 10 nitrogen and oxygen atoms in total. The summed E-state index contributed by atoms with van der Waals surface area (Å²) in [6.45, 7) is 3.82. The highest BCUT2D eigenvalue weighted by molar-refractivity contribution is 8.01. The monoisotopic (exact) mass is 613 g/mol. The number of esters is 1. The van der Waals surface area contributed by atoms with Crippen molar-refractivity contribution in [1.82, 2.24) is 24.8 Å². The molecule has 12 heteroatoms. The normalized spacial score (nSPS) is 22.7. The van der Waals surface area contributed by atoms with Gasteiger partial charge in [0.1, 0.15) is 16.5 Å². The standard InChI is InChI=1S/C30H39N5O5S2/c1-21(36)40-17-23-18-42-29(33-23)41-15-11-24-16-31-13-14-34(24)28(37)26-27(22-8-4-3-5-9-22)35(20-32-26)25-10-6-7-12-30(25,38)19-39-2/h3-5,8-9,18,20,24-25,31,38H,6-7,10-17,19H2,1-2H3/t24-,25-,30-/m1/s1. The number of hydrogen-bond acceptors (Lipinski definition) is 10. The van der Waals surface area contributed by atoms with Gasteiger partial charge in [0.2, 0.25) is 0 Å². The van der Waals surface area contributed by atoms with Crippen molar-refractivity contribution in [2.24, 2.45) is 0 Å². The van der Waals surface area contributed by atoms with Crippen LogP contribution in [0.25, 0.3) is 11.3 Å². The topological polar surface area (TPSA) is 119 Å². The first kappa shape index (κ1) is 30.7. The Morgan fingerprint density at radius 2 is 2.10 bits per heavy atom. The first-order chi connectivity index (χ1) is 20.4. The van der Waals surface area contributed by atoms with Gasteiger partial charge in [0, 0.05) is 56.4 Å². The van der Waals surface area contributed by atoms with Crippen LogP contribution in [-0.2, 0) is 20.9 Å². The molecule has 226 valence electrons. The Hall–Kier alpha value is -2.77. The summed E-state index contributed by atoms with van der Waals surface area (Å²) in [5.74, 6) is 0.382. The second kappa shape index (κ2) is 14.1. The van der Waals surface area contributed by atoms with E-state index in [2.05, 4.69) is 10.3 Å². The van der Waals surface area contributed by atoms with Crippen molar-refractivity contribution in [2.45, 2.75) is 67.7 Å². The molecule has 2 aromatic heterocycles. The number of hydrogen-bond donors (Lipinski definition) is 2. The van der Waals surface area contributed by atoms with Gasteiger partial charge in [-0.3, -0.25) is 9.59 Å². The number of amides is 1. The number of aliphatic hydroxyl groups is 1. The quantitative estimate of drug-likeness (QED) is 0.243. The zero-order valence-corrected chi connectivity index (χ0v) is 25.8. The lowest BCUT2D eigenvalue weighted by atomic mass is 9.80. The molecule has 0 bridgehead atoms. The van der Waals surface area contributed by atoms with Crippen molar-refractivity contribution in [2.75, 3.05) is 39.1 Å². The molecule has 1 aromatic carbocycles. The summed E-state index contributed by atoms with van der Waals surface area (Å²) < 4.78 is 13.4. The lowest BCUT2D eigenvalue weighted by molar-refractivity contribution is -0.142. The fraction of sp³-hybridized carbons (Fsp3) is 0.533. The first-order valence-corrected chi connectivity index (χ1v) is 16.3. The number of thioether (sulfide) groups is 1. The van der Waals surface area contributed by atoms with E-state index < -0.39 is 5.60 Å². The fourth-order valence-corrected chi connectivity index (χ4v) is 7.90. The minimum atomic E-state index is -1.03. The molecule has 0 unspecified atom stereocenters. The SMILES string of the molecule is COC[C@]1(O)CCCC[C@H]1n1cnc(C(=O)N2CCNC[C@H]2CCSc2nc(COC(C)=O)cs2)c1-c1ccccc1. The summed E-state index contributed by atoms with van der Waals surface area (Å²) in [6.07, 6.45) is 5.88. The average molecular weight is 614 g/mol. The van der Waals surface area contributed by atoms with E-state index in [4.69, 9.17) is 14.5 Å². The van der Waals surface area contributed by atoms with Crippen LogP contribution >= 0.6 is 23.1 Å². The number of methoxy groups -OCH3 is 1. The maximum atomic E-state index is 14.2. The van der Waals surface area contributed by atoms with Crippen LogP contribution in [-0.4, -0.2) is 87.2 Å². The van der Waals surface area contributed by atoms with Crippen molar-refractivity contribution in [3.8, 4) is 11.3 Å². The molecule has 0 spiro atoms. The summed E-state index contributed by atoms with van der Waals surface area (Å²) in [7, 11) is 1.61. The number of carbonyl (C=O) groups is 2. The molecule has 1 aliphatic carbocycles. The number of nitrogens with zero attached hydrogens (tertiary/aromatic N) is 4. The highest BCUT2D eigenvalue weighted by atomic mass is 32.2. The number of rotatable bonds is 11. The van der Waals surface area contributed by atoms with Gasteiger partial charge in [-0.05, 0) is 19.3 Å². The summed E-state index contributed by atoms with van der Waals surface area (Å²) in [5, 5.41) is 17.0. The molecule has 42 heavy (non-hydrogen) atoms. The van der Waals surface area contributed by atoms with Gasteiger partial charge in [0.15, 0.2) is 5.69 Å². The zero-order valence-electron chi connectivity index (χ0n) is 24.2. The number of benzene rings is 1. The molecule has 1 aliphatic heterocycles.